The van der Waals surface area contributed by atoms with Crippen molar-refractivity contribution in [1.29, 1.82) is 0 Å². The highest BCUT2D eigenvalue weighted by atomic mass is 19.1. The first kappa shape index (κ1) is 25.2. The third kappa shape index (κ3) is 8.62. The van der Waals surface area contributed by atoms with Gasteiger partial charge in [0, 0.05) is 24.7 Å². The maximum absolute atomic E-state index is 13.6. The van der Waals surface area contributed by atoms with Crippen molar-refractivity contribution < 1.29 is 28.9 Å². The number of esters is 1. The fourth-order valence-corrected chi connectivity index (χ4v) is 3.65. The molecule has 0 spiro atoms. The summed E-state index contributed by atoms with van der Waals surface area (Å²) in [5.74, 6) is -3.78. The van der Waals surface area contributed by atoms with Gasteiger partial charge in [-0.25, -0.2) is 9.18 Å². The molecule has 1 aliphatic carbocycles. The molecule has 6 heteroatoms. The molecule has 0 unspecified atom stereocenters. The van der Waals surface area contributed by atoms with Gasteiger partial charge in [0.2, 0.25) is 0 Å². The van der Waals surface area contributed by atoms with Crippen LogP contribution in [0.25, 0.3) is 0 Å². The van der Waals surface area contributed by atoms with Crippen LogP contribution in [0.2, 0.25) is 0 Å². The molecule has 0 aromatic rings. The number of ether oxygens (including phenoxy) is 1. The molecule has 1 fully saturated rings. The van der Waals surface area contributed by atoms with Crippen molar-refractivity contribution in [3.63, 3.8) is 0 Å². The number of hydrogen-bond acceptors (Lipinski definition) is 5. The zero-order valence-corrected chi connectivity index (χ0v) is 17.6. The highest BCUT2D eigenvalue weighted by Crippen LogP contribution is 2.33. The van der Waals surface area contributed by atoms with E-state index in [1.165, 1.54) is 0 Å². The lowest BCUT2D eigenvalue weighted by Crippen LogP contribution is -2.39. The van der Waals surface area contributed by atoms with Gasteiger partial charge in [-0.3, -0.25) is 4.79 Å². The molecular weight excluding hydrogens is 375 g/mol. The molecule has 0 heterocycles. The fourth-order valence-electron chi connectivity index (χ4n) is 3.65. The number of ketones is 1. The first-order chi connectivity index (χ1) is 13.7. The Balaban J connectivity index is 2.52. The van der Waals surface area contributed by atoms with Crippen LogP contribution in [0.3, 0.4) is 0 Å². The van der Waals surface area contributed by atoms with Gasteiger partial charge in [-0.15, -0.1) is 0 Å². The molecule has 1 rings (SSSR count). The molecular formula is C23H35FO5. The molecule has 0 radical (unpaired) electrons. The van der Waals surface area contributed by atoms with E-state index in [2.05, 4.69) is 18.2 Å². The molecule has 0 aliphatic heterocycles. The van der Waals surface area contributed by atoms with E-state index in [1.807, 2.05) is 18.2 Å². The first-order valence-corrected chi connectivity index (χ1v) is 10.4. The van der Waals surface area contributed by atoms with E-state index in [4.69, 9.17) is 0 Å². The summed E-state index contributed by atoms with van der Waals surface area (Å²) in [6, 6.07) is 0. The van der Waals surface area contributed by atoms with Gasteiger partial charge in [0.25, 0.3) is 5.79 Å². The standard InChI is InChI=1S/C23H35FO5/c1-4-5-10-18(17(2)24)11-9-12-19-14-15-21(25)20(19)13-7-6-8-16-23(27,28)22(26)29-3/h6-7,9,12,18-20,27-28H,2,4-5,8,10-11,13-16H2,1,3H3/t18-,19-,20+/m0/s1. The van der Waals surface area contributed by atoms with Gasteiger partial charge in [0.15, 0.2) is 0 Å². The summed E-state index contributed by atoms with van der Waals surface area (Å²) in [6.45, 7) is 5.53. The Morgan fingerprint density at radius 2 is 2.10 bits per heavy atom. The lowest BCUT2D eigenvalue weighted by atomic mass is 9.90. The van der Waals surface area contributed by atoms with Crippen molar-refractivity contribution in [3.8, 4) is 0 Å². The van der Waals surface area contributed by atoms with E-state index in [1.54, 1.807) is 6.08 Å². The lowest BCUT2D eigenvalue weighted by molar-refractivity contribution is -0.208. The second kappa shape index (κ2) is 12.7. The molecule has 164 valence electrons. The number of methoxy groups -OCH3 is 1. The van der Waals surface area contributed by atoms with Crippen LogP contribution in [0.4, 0.5) is 4.39 Å². The van der Waals surface area contributed by atoms with Gasteiger partial charge in [-0.05, 0) is 38.0 Å². The van der Waals surface area contributed by atoms with E-state index in [9.17, 15) is 24.2 Å². The smallest absolute Gasteiger partial charge is 0.366 e. The Bertz CT molecular complexity index is 608. The van der Waals surface area contributed by atoms with E-state index in [0.29, 0.717) is 19.3 Å². The normalized spacial score (nSPS) is 21.2. The number of Topliss-reactive ketones (excluding diaryl/α,β-unsaturated/α-hetero) is 1. The van der Waals surface area contributed by atoms with Gasteiger partial charge >= 0.3 is 5.97 Å². The molecule has 0 saturated heterocycles. The number of hydrogen-bond donors (Lipinski definition) is 2. The van der Waals surface area contributed by atoms with Crippen LogP contribution in [-0.2, 0) is 14.3 Å². The van der Waals surface area contributed by atoms with Crippen molar-refractivity contribution in [2.45, 2.75) is 70.5 Å². The maximum Gasteiger partial charge on any atom is 0.366 e. The third-order valence-electron chi connectivity index (χ3n) is 5.54. The number of carbonyl (C=O) groups excluding carboxylic acids is 2. The molecule has 0 bridgehead atoms. The Labute approximate surface area is 173 Å². The molecule has 0 aromatic carbocycles. The van der Waals surface area contributed by atoms with Crippen molar-refractivity contribution in [3.05, 3.63) is 36.7 Å². The summed E-state index contributed by atoms with van der Waals surface area (Å²) in [4.78, 5) is 23.4. The van der Waals surface area contributed by atoms with Crippen LogP contribution in [0.1, 0.15) is 64.7 Å². The number of halogens is 1. The molecule has 5 nitrogen and oxygen atoms in total. The van der Waals surface area contributed by atoms with Crippen LogP contribution in [0.15, 0.2) is 36.7 Å². The van der Waals surface area contributed by atoms with Gasteiger partial charge in [0.1, 0.15) is 5.78 Å². The van der Waals surface area contributed by atoms with Crippen LogP contribution in [-0.4, -0.2) is 34.9 Å². The topological polar surface area (TPSA) is 83.8 Å². The van der Waals surface area contributed by atoms with Crippen molar-refractivity contribution in [1.82, 2.24) is 0 Å². The maximum atomic E-state index is 13.6. The minimum Gasteiger partial charge on any atom is -0.465 e. The second-order valence-corrected chi connectivity index (χ2v) is 7.78. The Hall–Kier alpha value is -1.79. The number of aliphatic hydroxyl groups is 2. The SMILES string of the molecule is C=C(F)[C@H](CC=C[C@H]1CCC(=O)[C@@H]1CC=CCCC(O)(O)C(=O)OC)CCCC. The lowest BCUT2D eigenvalue weighted by Gasteiger charge is -2.17. The highest BCUT2D eigenvalue weighted by Gasteiger charge is 2.34. The van der Waals surface area contributed by atoms with E-state index >= 15 is 0 Å². The van der Waals surface area contributed by atoms with Crippen molar-refractivity contribution in [2.75, 3.05) is 7.11 Å². The largest absolute Gasteiger partial charge is 0.465 e. The van der Waals surface area contributed by atoms with Crippen LogP contribution < -0.4 is 0 Å². The summed E-state index contributed by atoms with van der Waals surface area (Å²) < 4.78 is 17.9. The van der Waals surface area contributed by atoms with Crippen molar-refractivity contribution in [2.24, 2.45) is 17.8 Å². The Kier molecular flexibility index (Phi) is 11.1. The van der Waals surface area contributed by atoms with Gasteiger partial charge < -0.3 is 14.9 Å². The Morgan fingerprint density at radius 3 is 2.72 bits per heavy atom. The van der Waals surface area contributed by atoms with E-state index in [0.717, 1.165) is 32.8 Å². The molecule has 1 saturated carbocycles. The van der Waals surface area contributed by atoms with Crippen LogP contribution >= 0.6 is 0 Å². The van der Waals surface area contributed by atoms with Crippen molar-refractivity contribution >= 4 is 11.8 Å². The minimum atomic E-state index is -2.50. The average Bonchev–Trinajstić information content (AvgIpc) is 3.02. The molecule has 1 aliphatic rings. The Morgan fingerprint density at radius 1 is 1.38 bits per heavy atom. The summed E-state index contributed by atoms with van der Waals surface area (Å²) in [6.07, 6.45) is 13.0. The van der Waals surface area contributed by atoms with E-state index < -0.39 is 11.8 Å². The first-order valence-electron chi connectivity index (χ1n) is 10.4. The molecule has 2 N–H and O–H groups in total. The summed E-state index contributed by atoms with van der Waals surface area (Å²) in [7, 11) is 1.09. The monoisotopic (exact) mass is 410 g/mol. The quantitative estimate of drug-likeness (QED) is 0.267. The van der Waals surface area contributed by atoms with Crippen LogP contribution in [0, 0.1) is 17.8 Å². The van der Waals surface area contributed by atoms with Crippen LogP contribution in [0.5, 0.6) is 0 Å². The summed E-state index contributed by atoms with van der Waals surface area (Å²) in [5, 5.41) is 19.1. The number of carbonyl (C=O) groups is 2. The number of allylic oxidation sites excluding steroid dienone is 5. The van der Waals surface area contributed by atoms with Gasteiger partial charge in [-0.1, -0.05) is 50.6 Å². The fraction of sp³-hybridized carbons (Fsp3) is 0.652. The second-order valence-electron chi connectivity index (χ2n) is 7.78. The van der Waals surface area contributed by atoms with Gasteiger partial charge in [0.05, 0.1) is 12.9 Å². The minimum absolute atomic E-state index is 0.112. The predicted molar refractivity (Wildman–Crippen MR) is 110 cm³/mol. The molecule has 0 amide bonds. The number of rotatable bonds is 13. The third-order valence-corrected chi connectivity index (χ3v) is 5.54. The zero-order valence-electron chi connectivity index (χ0n) is 17.6. The predicted octanol–water partition coefficient (Wildman–Crippen LogP) is 4.40. The van der Waals surface area contributed by atoms with Gasteiger partial charge in [-0.2, -0.15) is 0 Å². The summed E-state index contributed by atoms with van der Waals surface area (Å²) >= 11 is 0. The molecule has 3 atom stereocenters. The molecule has 29 heavy (non-hydrogen) atoms. The van der Waals surface area contributed by atoms with E-state index in [-0.39, 0.29) is 42.2 Å². The zero-order chi connectivity index (χ0) is 21.9. The number of unbranched alkanes of at least 4 members (excludes halogenated alkanes) is 1. The highest BCUT2D eigenvalue weighted by molar-refractivity contribution is 5.83. The molecule has 0 aromatic heterocycles. The summed E-state index contributed by atoms with van der Waals surface area (Å²) in [5.41, 5.74) is 0. The average molecular weight is 411 g/mol.